The molecule has 3 N–H and O–H groups in total. The molecule has 3 atom stereocenters. The highest BCUT2D eigenvalue weighted by Crippen LogP contribution is 2.40. The maximum absolute atomic E-state index is 13.5. The average molecular weight is 411 g/mol. The van der Waals surface area contributed by atoms with Gasteiger partial charge in [-0.2, -0.15) is 0 Å². The van der Waals surface area contributed by atoms with Crippen molar-refractivity contribution in [2.24, 2.45) is 5.73 Å². The zero-order valence-corrected chi connectivity index (χ0v) is 16.7. The number of likely N-dealkylation sites (tertiary alicyclic amines) is 1. The molecule has 158 valence electrons. The minimum absolute atomic E-state index is 0.0241. The monoisotopic (exact) mass is 411 g/mol. The number of nitrogens with one attached hydrogen (secondary N) is 1. The first-order chi connectivity index (χ1) is 14.6. The fourth-order valence-corrected chi connectivity index (χ4v) is 4.48. The minimum atomic E-state index is -0.315. The maximum Gasteiger partial charge on any atom is 0.254 e. The number of ether oxygens (including phenoxy) is 1. The first-order valence-electron chi connectivity index (χ1n) is 10.4. The summed E-state index contributed by atoms with van der Waals surface area (Å²) in [5.41, 5.74) is 6.89. The van der Waals surface area contributed by atoms with Gasteiger partial charge in [-0.1, -0.05) is 12.1 Å². The van der Waals surface area contributed by atoms with Crippen molar-refractivity contribution in [2.75, 3.05) is 13.2 Å². The smallest absolute Gasteiger partial charge is 0.254 e. The van der Waals surface area contributed by atoms with E-state index in [9.17, 15) is 14.0 Å². The fraction of sp³-hybridized carbons (Fsp3) is 0.391. The molecular weight excluding hydrogens is 385 g/mol. The summed E-state index contributed by atoms with van der Waals surface area (Å²) in [6, 6.07) is 12.9. The Balaban J connectivity index is 1.64. The van der Waals surface area contributed by atoms with E-state index in [-0.39, 0.29) is 35.8 Å². The third kappa shape index (κ3) is 4.16. The lowest BCUT2D eigenvalue weighted by Gasteiger charge is -2.31. The van der Waals surface area contributed by atoms with E-state index in [2.05, 4.69) is 5.32 Å². The molecule has 2 aromatic carbocycles. The number of nitrogens with two attached hydrogens (primary N) is 1. The zero-order chi connectivity index (χ0) is 21.1. The topological polar surface area (TPSA) is 84.7 Å². The minimum Gasteiger partial charge on any atom is -0.492 e. The predicted octanol–water partition coefficient (Wildman–Crippen LogP) is 2.79. The molecule has 2 amide bonds. The van der Waals surface area contributed by atoms with Crippen molar-refractivity contribution in [3.63, 3.8) is 0 Å². The van der Waals surface area contributed by atoms with Gasteiger partial charge in [0.2, 0.25) is 5.91 Å². The van der Waals surface area contributed by atoms with Crippen LogP contribution in [0.1, 0.15) is 47.6 Å². The number of benzene rings is 2. The van der Waals surface area contributed by atoms with Crippen LogP contribution >= 0.6 is 0 Å². The molecule has 0 unspecified atom stereocenters. The van der Waals surface area contributed by atoms with E-state index in [1.165, 1.54) is 12.1 Å². The molecule has 2 fully saturated rings. The van der Waals surface area contributed by atoms with Crippen LogP contribution in [0.4, 0.5) is 4.39 Å². The van der Waals surface area contributed by atoms with Gasteiger partial charge >= 0.3 is 0 Å². The molecule has 0 aromatic heterocycles. The zero-order valence-electron chi connectivity index (χ0n) is 16.7. The van der Waals surface area contributed by atoms with E-state index >= 15 is 0 Å². The first-order valence-corrected chi connectivity index (χ1v) is 10.4. The Morgan fingerprint density at radius 1 is 1.17 bits per heavy atom. The van der Waals surface area contributed by atoms with Crippen molar-refractivity contribution in [2.45, 2.75) is 43.8 Å². The first kappa shape index (κ1) is 20.3. The summed E-state index contributed by atoms with van der Waals surface area (Å²) in [5, 5.41) is 3.08. The molecule has 7 heteroatoms. The SMILES string of the molecule is NCCOc1ccc(C(=O)N2[C@H](c3ccc(F)cc3)C[C@H]3NC(=O)CCC[C@@H]32)cc1. The molecular formula is C23H26FN3O3. The Labute approximate surface area is 175 Å². The largest absolute Gasteiger partial charge is 0.492 e. The summed E-state index contributed by atoms with van der Waals surface area (Å²) in [7, 11) is 0. The highest BCUT2D eigenvalue weighted by molar-refractivity contribution is 5.95. The molecule has 0 spiro atoms. The van der Waals surface area contributed by atoms with Crippen LogP contribution in [0.2, 0.25) is 0 Å². The van der Waals surface area contributed by atoms with Gasteiger partial charge in [0.1, 0.15) is 18.2 Å². The van der Waals surface area contributed by atoms with E-state index in [0.717, 1.165) is 18.4 Å². The van der Waals surface area contributed by atoms with E-state index in [1.54, 1.807) is 36.4 Å². The summed E-state index contributed by atoms with van der Waals surface area (Å²) in [6.45, 7) is 0.831. The number of carbonyl (C=O) groups is 2. The van der Waals surface area contributed by atoms with Crippen LogP contribution in [0, 0.1) is 5.82 Å². The van der Waals surface area contributed by atoms with Crippen LogP contribution in [0.3, 0.4) is 0 Å². The van der Waals surface area contributed by atoms with Crippen LogP contribution in [0.5, 0.6) is 5.75 Å². The molecule has 4 rings (SSSR count). The van der Waals surface area contributed by atoms with E-state index in [0.29, 0.717) is 37.3 Å². The van der Waals surface area contributed by atoms with Gasteiger partial charge < -0.3 is 20.7 Å². The molecule has 2 aromatic rings. The van der Waals surface area contributed by atoms with E-state index in [1.807, 2.05) is 4.90 Å². The van der Waals surface area contributed by atoms with Gasteiger partial charge in [0, 0.05) is 18.5 Å². The second-order valence-electron chi connectivity index (χ2n) is 7.81. The second kappa shape index (κ2) is 8.83. The van der Waals surface area contributed by atoms with Crippen molar-refractivity contribution in [1.29, 1.82) is 0 Å². The molecule has 6 nitrogen and oxygen atoms in total. The lowest BCUT2D eigenvalue weighted by Crippen LogP contribution is -2.45. The Morgan fingerprint density at radius 2 is 1.90 bits per heavy atom. The van der Waals surface area contributed by atoms with E-state index < -0.39 is 0 Å². The van der Waals surface area contributed by atoms with Crippen LogP contribution in [-0.2, 0) is 4.79 Å². The lowest BCUT2D eigenvalue weighted by atomic mass is 10.0. The highest BCUT2D eigenvalue weighted by atomic mass is 19.1. The summed E-state index contributed by atoms with van der Waals surface area (Å²) in [4.78, 5) is 27.5. The number of carbonyl (C=O) groups excluding carboxylic acids is 2. The van der Waals surface area contributed by atoms with Crippen LogP contribution in [-0.4, -0.2) is 41.9 Å². The second-order valence-corrected chi connectivity index (χ2v) is 7.81. The Bertz CT molecular complexity index is 901. The quantitative estimate of drug-likeness (QED) is 0.792. The number of nitrogens with zero attached hydrogens (tertiary/aromatic N) is 1. The van der Waals surface area contributed by atoms with Gasteiger partial charge in [0.25, 0.3) is 5.91 Å². The predicted molar refractivity (Wildman–Crippen MR) is 110 cm³/mol. The summed E-state index contributed by atoms with van der Waals surface area (Å²) in [5.74, 6) is 0.271. The molecule has 0 radical (unpaired) electrons. The number of amides is 2. The van der Waals surface area contributed by atoms with Crippen molar-refractivity contribution < 1.29 is 18.7 Å². The molecule has 0 saturated carbocycles. The molecule has 0 bridgehead atoms. The van der Waals surface area contributed by atoms with Gasteiger partial charge in [-0.15, -0.1) is 0 Å². The Hall–Kier alpha value is -2.93. The lowest BCUT2D eigenvalue weighted by molar-refractivity contribution is -0.121. The van der Waals surface area contributed by atoms with Crippen molar-refractivity contribution in [3.8, 4) is 5.75 Å². The standard InChI is InChI=1S/C23H26FN3O3/c24-17-8-4-15(5-9-17)21-14-19-20(2-1-3-22(28)26-19)27(21)23(29)16-6-10-18(11-7-16)30-13-12-25/h4-11,19-21H,1-3,12-14,25H2,(H,26,28)/t19-,20+,21+/m1/s1. The van der Waals surface area contributed by atoms with Gasteiger partial charge in [-0.25, -0.2) is 4.39 Å². The van der Waals surface area contributed by atoms with Gasteiger partial charge in [-0.05, 0) is 61.2 Å². The molecule has 2 saturated heterocycles. The van der Waals surface area contributed by atoms with Crippen LogP contribution in [0.15, 0.2) is 48.5 Å². The number of rotatable bonds is 5. The van der Waals surface area contributed by atoms with Crippen LogP contribution < -0.4 is 15.8 Å². The maximum atomic E-state index is 13.5. The van der Waals surface area contributed by atoms with Gasteiger partial charge in [-0.3, -0.25) is 9.59 Å². The Kier molecular flexibility index (Phi) is 5.99. The molecule has 30 heavy (non-hydrogen) atoms. The third-order valence-electron chi connectivity index (χ3n) is 5.86. The number of hydrogen-bond donors (Lipinski definition) is 2. The fourth-order valence-electron chi connectivity index (χ4n) is 4.48. The van der Waals surface area contributed by atoms with E-state index in [4.69, 9.17) is 10.5 Å². The highest BCUT2D eigenvalue weighted by Gasteiger charge is 2.45. The number of fused-ring (bicyclic) bond motifs is 1. The molecule has 2 aliphatic heterocycles. The number of halogens is 1. The van der Waals surface area contributed by atoms with Crippen molar-refractivity contribution >= 4 is 11.8 Å². The number of hydrogen-bond acceptors (Lipinski definition) is 4. The molecule has 2 aliphatic rings. The Morgan fingerprint density at radius 3 is 2.60 bits per heavy atom. The summed E-state index contributed by atoms with van der Waals surface area (Å²) < 4.78 is 19.0. The summed E-state index contributed by atoms with van der Waals surface area (Å²) >= 11 is 0. The third-order valence-corrected chi connectivity index (χ3v) is 5.86. The van der Waals surface area contributed by atoms with Crippen molar-refractivity contribution in [3.05, 3.63) is 65.5 Å². The van der Waals surface area contributed by atoms with Crippen LogP contribution in [0.25, 0.3) is 0 Å². The van der Waals surface area contributed by atoms with Gasteiger partial charge in [0.15, 0.2) is 0 Å². The molecule has 0 aliphatic carbocycles. The normalized spacial score (nSPS) is 23.5. The average Bonchev–Trinajstić information content (AvgIpc) is 3.00. The molecule has 2 heterocycles. The van der Waals surface area contributed by atoms with Gasteiger partial charge in [0.05, 0.1) is 18.1 Å². The summed E-state index contributed by atoms with van der Waals surface area (Å²) in [6.07, 6.45) is 2.58. The van der Waals surface area contributed by atoms with Crippen molar-refractivity contribution in [1.82, 2.24) is 10.2 Å².